The number of hydrogen-bond donors (Lipinski definition) is 0. The van der Waals surface area contributed by atoms with Crippen LogP contribution in [0.5, 0.6) is 0 Å². The van der Waals surface area contributed by atoms with E-state index >= 15 is 0 Å². The van der Waals surface area contributed by atoms with Crippen LogP contribution in [0.15, 0.2) is 58.8 Å². The van der Waals surface area contributed by atoms with Gasteiger partial charge in [-0.05, 0) is 31.0 Å². The summed E-state index contributed by atoms with van der Waals surface area (Å²) in [6.45, 7) is 0.917. The Kier molecular flexibility index (Phi) is 6.19. The van der Waals surface area contributed by atoms with Gasteiger partial charge in [-0.15, -0.1) is 11.3 Å². The lowest BCUT2D eigenvalue weighted by molar-refractivity contribution is 0.0468. The second-order valence-corrected chi connectivity index (χ2v) is 10.0. The molecular formula is C21H19ClN2O4S2. The maximum Gasteiger partial charge on any atom is 0.338 e. The summed E-state index contributed by atoms with van der Waals surface area (Å²) >= 11 is 7.60. The van der Waals surface area contributed by atoms with E-state index in [4.69, 9.17) is 16.3 Å². The third-order valence-corrected chi connectivity index (χ3v) is 8.09. The average molecular weight is 463 g/mol. The van der Waals surface area contributed by atoms with Crippen molar-refractivity contribution < 1.29 is 17.9 Å². The molecule has 1 aromatic heterocycles. The van der Waals surface area contributed by atoms with Crippen molar-refractivity contribution in [3.8, 4) is 10.6 Å². The molecule has 0 atom stereocenters. The van der Waals surface area contributed by atoms with Crippen LogP contribution in [0.2, 0.25) is 5.02 Å². The Bertz CT molecular complexity index is 1160. The highest BCUT2D eigenvalue weighted by molar-refractivity contribution is 7.89. The number of thiazole rings is 1. The number of nitrogens with zero attached hydrogens (tertiary/aromatic N) is 2. The van der Waals surface area contributed by atoms with E-state index in [0.717, 1.165) is 23.4 Å². The van der Waals surface area contributed by atoms with Crippen molar-refractivity contribution >= 4 is 38.9 Å². The van der Waals surface area contributed by atoms with Gasteiger partial charge in [0.25, 0.3) is 0 Å². The number of halogens is 1. The Morgan fingerprint density at radius 2 is 1.87 bits per heavy atom. The summed E-state index contributed by atoms with van der Waals surface area (Å²) < 4.78 is 32.4. The van der Waals surface area contributed by atoms with Gasteiger partial charge in [0, 0.05) is 24.0 Å². The monoisotopic (exact) mass is 462 g/mol. The van der Waals surface area contributed by atoms with Crippen molar-refractivity contribution in [1.82, 2.24) is 9.29 Å². The van der Waals surface area contributed by atoms with Gasteiger partial charge in [0.1, 0.15) is 16.5 Å². The van der Waals surface area contributed by atoms with Crippen LogP contribution >= 0.6 is 22.9 Å². The number of benzene rings is 2. The number of rotatable bonds is 6. The lowest BCUT2D eigenvalue weighted by atomic mass is 10.2. The summed E-state index contributed by atoms with van der Waals surface area (Å²) in [6.07, 6.45) is 1.63. The van der Waals surface area contributed by atoms with Crippen molar-refractivity contribution in [3.63, 3.8) is 0 Å². The lowest BCUT2D eigenvalue weighted by Gasteiger charge is -2.17. The molecule has 9 heteroatoms. The van der Waals surface area contributed by atoms with Crippen LogP contribution in [-0.2, 0) is 21.4 Å². The van der Waals surface area contributed by atoms with Crippen LogP contribution in [-0.4, -0.2) is 36.8 Å². The normalized spacial score (nSPS) is 14.7. The SMILES string of the molecule is O=C(OCc1csc(-c2ccccc2)n1)c1ccc(Cl)c(S(=O)(=O)N2CCCC2)c1. The molecule has 1 aliphatic rings. The molecule has 2 heterocycles. The molecule has 1 saturated heterocycles. The second-order valence-electron chi connectivity index (χ2n) is 6.84. The first-order chi connectivity index (χ1) is 14.4. The molecule has 1 aliphatic heterocycles. The molecule has 2 aromatic carbocycles. The molecule has 4 rings (SSSR count). The summed E-state index contributed by atoms with van der Waals surface area (Å²) in [7, 11) is -3.74. The van der Waals surface area contributed by atoms with Crippen LogP contribution in [0.4, 0.5) is 0 Å². The molecule has 0 spiro atoms. The van der Waals surface area contributed by atoms with E-state index in [1.54, 1.807) is 0 Å². The van der Waals surface area contributed by atoms with Crippen molar-refractivity contribution in [1.29, 1.82) is 0 Å². The van der Waals surface area contributed by atoms with Crippen molar-refractivity contribution in [2.45, 2.75) is 24.3 Å². The molecule has 0 amide bonds. The number of carbonyl (C=O) groups excluding carboxylic acids is 1. The number of carbonyl (C=O) groups is 1. The van der Waals surface area contributed by atoms with Gasteiger partial charge in [-0.2, -0.15) is 4.31 Å². The highest BCUT2D eigenvalue weighted by atomic mass is 35.5. The van der Waals surface area contributed by atoms with E-state index in [9.17, 15) is 13.2 Å². The highest BCUT2D eigenvalue weighted by Gasteiger charge is 2.30. The Balaban J connectivity index is 1.47. The Hall–Kier alpha value is -2.26. The Labute approximate surface area is 184 Å². The third-order valence-electron chi connectivity index (χ3n) is 4.77. The maximum atomic E-state index is 12.8. The van der Waals surface area contributed by atoms with E-state index in [2.05, 4.69) is 4.98 Å². The largest absolute Gasteiger partial charge is 0.456 e. The van der Waals surface area contributed by atoms with E-state index in [-0.39, 0.29) is 22.1 Å². The van der Waals surface area contributed by atoms with Crippen LogP contribution in [0.1, 0.15) is 28.9 Å². The number of hydrogen-bond acceptors (Lipinski definition) is 6. The summed E-state index contributed by atoms with van der Waals surface area (Å²) in [5, 5.41) is 2.76. The van der Waals surface area contributed by atoms with E-state index in [0.29, 0.717) is 18.8 Å². The minimum absolute atomic E-state index is 0.000990. The molecule has 0 aliphatic carbocycles. The van der Waals surface area contributed by atoms with E-state index in [1.165, 1.54) is 33.8 Å². The fourth-order valence-corrected chi connectivity index (χ4v) is 6.03. The molecule has 0 unspecified atom stereocenters. The van der Waals surface area contributed by atoms with Gasteiger partial charge in [-0.25, -0.2) is 18.2 Å². The van der Waals surface area contributed by atoms with Crippen LogP contribution < -0.4 is 0 Å². The third kappa shape index (κ3) is 4.41. The fourth-order valence-electron chi connectivity index (χ4n) is 3.20. The van der Waals surface area contributed by atoms with Crippen molar-refractivity contribution in [2.24, 2.45) is 0 Å². The number of aromatic nitrogens is 1. The fraction of sp³-hybridized carbons (Fsp3) is 0.238. The quantitative estimate of drug-likeness (QED) is 0.500. The molecule has 156 valence electrons. The second kappa shape index (κ2) is 8.85. The first-order valence-corrected chi connectivity index (χ1v) is 12.1. The first kappa shape index (κ1) is 21.0. The molecule has 1 fully saturated rings. The first-order valence-electron chi connectivity index (χ1n) is 9.42. The average Bonchev–Trinajstić information content (AvgIpc) is 3.45. The molecule has 0 N–H and O–H groups in total. The minimum atomic E-state index is -3.74. The number of ether oxygens (including phenoxy) is 1. The van der Waals surface area contributed by atoms with Gasteiger partial charge in [0.05, 0.1) is 16.3 Å². The predicted octanol–water partition coefficient (Wildman–Crippen LogP) is 4.61. The molecule has 0 radical (unpaired) electrons. The predicted molar refractivity (Wildman–Crippen MR) is 116 cm³/mol. The summed E-state index contributed by atoms with van der Waals surface area (Å²) in [5.74, 6) is -0.626. The van der Waals surface area contributed by atoms with Crippen LogP contribution in [0.25, 0.3) is 10.6 Å². The molecule has 6 nitrogen and oxygen atoms in total. The van der Waals surface area contributed by atoms with E-state index < -0.39 is 16.0 Å². The zero-order valence-corrected chi connectivity index (χ0v) is 18.3. The Morgan fingerprint density at radius 3 is 2.60 bits per heavy atom. The lowest BCUT2D eigenvalue weighted by Crippen LogP contribution is -2.28. The molecule has 0 saturated carbocycles. The Morgan fingerprint density at radius 1 is 1.13 bits per heavy atom. The molecular weight excluding hydrogens is 444 g/mol. The van der Waals surface area contributed by atoms with Gasteiger partial charge < -0.3 is 4.74 Å². The standard InChI is InChI=1S/C21H19ClN2O4S2/c22-18-9-8-16(12-19(18)30(26,27)24-10-4-5-11-24)21(25)28-13-17-14-29-20(23-17)15-6-2-1-3-7-15/h1-3,6-9,12,14H,4-5,10-11,13H2. The molecule has 3 aromatic rings. The number of sulfonamides is 1. The van der Waals surface area contributed by atoms with Gasteiger partial charge in [-0.1, -0.05) is 41.9 Å². The van der Waals surface area contributed by atoms with Gasteiger partial charge in [-0.3, -0.25) is 0 Å². The summed E-state index contributed by atoms with van der Waals surface area (Å²) in [6, 6.07) is 13.9. The van der Waals surface area contributed by atoms with E-state index in [1.807, 2.05) is 35.7 Å². The highest BCUT2D eigenvalue weighted by Crippen LogP contribution is 2.29. The summed E-state index contributed by atoms with van der Waals surface area (Å²) in [4.78, 5) is 16.9. The summed E-state index contributed by atoms with van der Waals surface area (Å²) in [5.41, 5.74) is 1.76. The smallest absolute Gasteiger partial charge is 0.338 e. The topological polar surface area (TPSA) is 76.6 Å². The van der Waals surface area contributed by atoms with Gasteiger partial charge in [0.15, 0.2) is 0 Å². The van der Waals surface area contributed by atoms with Crippen molar-refractivity contribution in [2.75, 3.05) is 13.1 Å². The van der Waals surface area contributed by atoms with Gasteiger partial charge in [0.2, 0.25) is 10.0 Å². The zero-order valence-electron chi connectivity index (χ0n) is 16.0. The van der Waals surface area contributed by atoms with Crippen LogP contribution in [0.3, 0.4) is 0 Å². The maximum absolute atomic E-state index is 12.8. The van der Waals surface area contributed by atoms with Gasteiger partial charge >= 0.3 is 5.97 Å². The minimum Gasteiger partial charge on any atom is -0.456 e. The number of esters is 1. The zero-order chi connectivity index (χ0) is 21.1. The molecule has 30 heavy (non-hydrogen) atoms. The van der Waals surface area contributed by atoms with Crippen LogP contribution in [0, 0.1) is 0 Å². The molecule has 0 bridgehead atoms. The van der Waals surface area contributed by atoms with Crippen molar-refractivity contribution in [3.05, 3.63) is 70.2 Å².